The number of hydrogen-bond acceptors (Lipinski definition) is 4. The Kier molecular flexibility index (Phi) is 4.68. The lowest BCUT2D eigenvalue weighted by molar-refractivity contribution is -0.116. The van der Waals surface area contributed by atoms with Gasteiger partial charge in [0.25, 0.3) is 0 Å². The molecule has 2 rings (SSSR count). The van der Waals surface area contributed by atoms with Crippen molar-refractivity contribution in [1.82, 2.24) is 4.98 Å². The number of ether oxygens (including phenoxy) is 1. The van der Waals surface area contributed by atoms with Crippen molar-refractivity contribution in [3.05, 3.63) is 45.9 Å². The maximum absolute atomic E-state index is 11.0. The Labute approximate surface area is 117 Å². The van der Waals surface area contributed by atoms with E-state index in [1.165, 1.54) is 4.88 Å². The molecule has 4 heteroatoms. The highest BCUT2D eigenvalue weighted by Gasteiger charge is 2.02. The summed E-state index contributed by atoms with van der Waals surface area (Å²) in [6.45, 7) is 4.26. The fourth-order valence-electron chi connectivity index (χ4n) is 1.82. The number of carbonyl (C=O) groups excluding carboxylic acids is 1. The van der Waals surface area contributed by atoms with E-state index in [1.54, 1.807) is 18.3 Å². The van der Waals surface area contributed by atoms with Gasteiger partial charge in [-0.3, -0.25) is 4.79 Å². The maximum Gasteiger partial charge on any atom is 0.134 e. The normalized spacial score (nSPS) is 10.4. The van der Waals surface area contributed by atoms with E-state index in [9.17, 15) is 4.79 Å². The molecule has 0 amide bonds. The number of thiazole rings is 1. The van der Waals surface area contributed by atoms with Crippen molar-refractivity contribution in [2.24, 2.45) is 0 Å². The lowest BCUT2D eigenvalue weighted by Crippen LogP contribution is -2.01. The molecular weight excluding hydrogens is 258 g/mol. The van der Waals surface area contributed by atoms with Crippen LogP contribution in [0.4, 0.5) is 0 Å². The van der Waals surface area contributed by atoms with E-state index in [0.717, 1.165) is 23.4 Å². The molecule has 0 spiro atoms. The van der Waals surface area contributed by atoms with Crippen LogP contribution in [0.1, 0.15) is 23.1 Å². The zero-order valence-corrected chi connectivity index (χ0v) is 12.0. The average molecular weight is 275 g/mol. The van der Waals surface area contributed by atoms with E-state index in [2.05, 4.69) is 4.98 Å². The molecular formula is C15H17NO2S. The Balaban J connectivity index is 1.83. The summed E-state index contributed by atoms with van der Waals surface area (Å²) in [7, 11) is 0. The summed E-state index contributed by atoms with van der Waals surface area (Å²) < 4.78 is 5.69. The summed E-state index contributed by atoms with van der Waals surface area (Å²) in [5.74, 6) is 1.02. The van der Waals surface area contributed by atoms with Crippen molar-refractivity contribution >= 4 is 17.1 Å². The summed E-state index contributed by atoms with van der Waals surface area (Å²) in [5, 5.41) is 0. The second-order valence-corrected chi connectivity index (χ2v) is 5.42. The zero-order chi connectivity index (χ0) is 13.7. The first-order valence-corrected chi connectivity index (χ1v) is 7.13. The number of rotatable bonds is 6. The molecule has 0 radical (unpaired) electrons. The van der Waals surface area contributed by atoms with Gasteiger partial charge >= 0.3 is 0 Å². The van der Waals surface area contributed by atoms with Crippen LogP contribution in [0.15, 0.2) is 29.8 Å². The average Bonchev–Trinajstić information content (AvgIpc) is 2.77. The molecule has 1 aromatic heterocycles. The third-order valence-corrected chi connectivity index (χ3v) is 3.81. The summed E-state index contributed by atoms with van der Waals surface area (Å²) in [6.07, 6.45) is 1.37. The molecule has 0 bridgehead atoms. The molecule has 3 nitrogen and oxygen atoms in total. The molecule has 2 aromatic rings. The van der Waals surface area contributed by atoms with Crippen LogP contribution in [0.3, 0.4) is 0 Å². The Morgan fingerprint density at radius 2 is 2.05 bits per heavy atom. The van der Waals surface area contributed by atoms with Gasteiger partial charge in [-0.05, 0) is 31.5 Å². The first-order chi connectivity index (χ1) is 9.15. The van der Waals surface area contributed by atoms with Gasteiger partial charge in [-0.1, -0.05) is 12.1 Å². The largest absolute Gasteiger partial charge is 0.493 e. The molecule has 0 unspecified atom stereocenters. The van der Waals surface area contributed by atoms with E-state index >= 15 is 0 Å². The number of hydrogen-bond donors (Lipinski definition) is 0. The molecule has 0 aliphatic heterocycles. The summed E-state index contributed by atoms with van der Waals surface area (Å²) >= 11 is 1.67. The molecule has 0 aliphatic rings. The molecule has 0 atom stereocenters. The lowest BCUT2D eigenvalue weighted by atomic mass is 10.1. The van der Waals surface area contributed by atoms with Crippen LogP contribution < -0.4 is 4.74 Å². The van der Waals surface area contributed by atoms with Crippen LogP contribution in [-0.2, 0) is 17.6 Å². The van der Waals surface area contributed by atoms with Gasteiger partial charge in [-0.2, -0.15) is 0 Å². The lowest BCUT2D eigenvalue weighted by Gasteiger charge is -2.06. The van der Waals surface area contributed by atoms with Gasteiger partial charge in [0.15, 0.2) is 0 Å². The van der Waals surface area contributed by atoms with Crippen molar-refractivity contribution in [2.75, 3.05) is 6.61 Å². The maximum atomic E-state index is 11.0. The first kappa shape index (κ1) is 13.7. The monoisotopic (exact) mass is 275 g/mol. The molecule has 1 heterocycles. The van der Waals surface area contributed by atoms with Crippen LogP contribution >= 0.6 is 11.3 Å². The first-order valence-electron chi connectivity index (χ1n) is 6.25. The van der Waals surface area contributed by atoms with Crippen LogP contribution in [0.5, 0.6) is 5.75 Å². The number of aromatic nitrogens is 1. The summed E-state index contributed by atoms with van der Waals surface area (Å²) in [4.78, 5) is 16.5. The van der Waals surface area contributed by atoms with Gasteiger partial charge in [-0.15, -0.1) is 11.3 Å². The van der Waals surface area contributed by atoms with Crippen LogP contribution in [-0.4, -0.2) is 17.4 Å². The quantitative estimate of drug-likeness (QED) is 0.812. The smallest absolute Gasteiger partial charge is 0.134 e. The number of benzene rings is 1. The Morgan fingerprint density at radius 3 is 2.63 bits per heavy atom. The third-order valence-electron chi connectivity index (χ3n) is 2.82. The molecule has 0 aliphatic carbocycles. The molecule has 0 N–H and O–H groups in total. The minimum Gasteiger partial charge on any atom is -0.493 e. The predicted molar refractivity (Wildman–Crippen MR) is 76.9 cm³/mol. The van der Waals surface area contributed by atoms with Crippen molar-refractivity contribution in [2.45, 2.75) is 26.7 Å². The molecule has 19 heavy (non-hydrogen) atoms. The van der Waals surface area contributed by atoms with Gasteiger partial charge in [0.05, 0.1) is 17.8 Å². The minimum atomic E-state index is 0.175. The van der Waals surface area contributed by atoms with Gasteiger partial charge in [0.1, 0.15) is 11.5 Å². The van der Waals surface area contributed by atoms with Crippen molar-refractivity contribution in [3.8, 4) is 5.75 Å². The van der Waals surface area contributed by atoms with E-state index < -0.39 is 0 Å². The fourth-order valence-corrected chi connectivity index (χ4v) is 2.58. The highest BCUT2D eigenvalue weighted by Crippen LogP contribution is 2.16. The SMILES string of the molecule is CC(=O)Cc1ccc(OCCc2scnc2C)cc1. The van der Waals surface area contributed by atoms with E-state index in [4.69, 9.17) is 4.74 Å². The fraction of sp³-hybridized carbons (Fsp3) is 0.333. The molecule has 0 saturated carbocycles. The zero-order valence-electron chi connectivity index (χ0n) is 11.2. The molecule has 0 saturated heterocycles. The predicted octanol–water partition coefficient (Wildman–Crippen LogP) is 3.20. The Hall–Kier alpha value is -1.68. The minimum absolute atomic E-state index is 0.175. The van der Waals surface area contributed by atoms with Crippen LogP contribution in [0.25, 0.3) is 0 Å². The van der Waals surface area contributed by atoms with Crippen LogP contribution in [0.2, 0.25) is 0 Å². The summed E-state index contributed by atoms with van der Waals surface area (Å²) in [6, 6.07) is 7.71. The second kappa shape index (κ2) is 6.48. The number of Topliss-reactive ketones (excluding diaryl/α,β-unsaturated/α-hetero) is 1. The Morgan fingerprint density at radius 1 is 1.32 bits per heavy atom. The van der Waals surface area contributed by atoms with Gasteiger partial charge in [0.2, 0.25) is 0 Å². The van der Waals surface area contributed by atoms with Gasteiger partial charge < -0.3 is 4.74 Å². The molecule has 1 aromatic carbocycles. The molecule has 0 fully saturated rings. The highest BCUT2D eigenvalue weighted by molar-refractivity contribution is 7.09. The van der Waals surface area contributed by atoms with Crippen molar-refractivity contribution in [3.63, 3.8) is 0 Å². The molecule has 100 valence electrons. The van der Waals surface area contributed by atoms with E-state index in [1.807, 2.05) is 36.7 Å². The topological polar surface area (TPSA) is 39.2 Å². The summed E-state index contributed by atoms with van der Waals surface area (Å²) in [5.41, 5.74) is 3.98. The number of carbonyl (C=O) groups is 1. The van der Waals surface area contributed by atoms with Crippen LogP contribution in [0, 0.1) is 6.92 Å². The number of aryl methyl sites for hydroxylation is 1. The van der Waals surface area contributed by atoms with Gasteiger partial charge in [0, 0.05) is 17.7 Å². The van der Waals surface area contributed by atoms with Crippen molar-refractivity contribution < 1.29 is 9.53 Å². The second-order valence-electron chi connectivity index (χ2n) is 4.48. The standard InChI is InChI=1S/C15H17NO2S/c1-11(17)9-13-3-5-14(6-4-13)18-8-7-15-12(2)16-10-19-15/h3-6,10H,7-9H2,1-2H3. The number of nitrogens with zero attached hydrogens (tertiary/aromatic N) is 1. The van der Waals surface area contributed by atoms with Gasteiger partial charge in [-0.25, -0.2) is 4.98 Å². The third kappa shape index (κ3) is 4.17. The van der Waals surface area contributed by atoms with E-state index in [-0.39, 0.29) is 5.78 Å². The van der Waals surface area contributed by atoms with E-state index in [0.29, 0.717) is 13.0 Å². The number of ketones is 1. The Bertz CT molecular complexity index is 546. The van der Waals surface area contributed by atoms with Crippen molar-refractivity contribution in [1.29, 1.82) is 0 Å². The highest BCUT2D eigenvalue weighted by atomic mass is 32.1.